The van der Waals surface area contributed by atoms with Crippen LogP contribution in [0.5, 0.6) is 17.2 Å². The van der Waals surface area contributed by atoms with Gasteiger partial charge in [0.25, 0.3) is 0 Å². The van der Waals surface area contributed by atoms with Crippen molar-refractivity contribution in [3.8, 4) is 28.4 Å². The number of nitrogens with zero attached hydrogens (tertiary/aromatic N) is 1. The number of fused-ring (bicyclic) bond motifs is 4. The van der Waals surface area contributed by atoms with E-state index < -0.39 is 0 Å². The van der Waals surface area contributed by atoms with Crippen molar-refractivity contribution in [1.82, 2.24) is 4.90 Å². The largest absolute Gasteiger partial charge is 0.491 e. The molecule has 0 aromatic heterocycles. The molecule has 3 aliphatic rings. The Labute approximate surface area is 191 Å². The normalized spacial score (nSPS) is 18.0. The summed E-state index contributed by atoms with van der Waals surface area (Å²) in [7, 11) is 0. The third-order valence-corrected chi connectivity index (χ3v) is 6.22. The Morgan fingerprint density at radius 1 is 0.939 bits per heavy atom. The smallest absolute Gasteiger partial charge is 0.247 e. The number of hydrogen-bond acceptors (Lipinski definition) is 5. The lowest BCUT2D eigenvalue weighted by atomic mass is 10.0. The minimum absolute atomic E-state index is 0.00659. The molecule has 33 heavy (non-hydrogen) atoms. The first kappa shape index (κ1) is 19.9. The Morgan fingerprint density at radius 2 is 1.64 bits per heavy atom. The van der Waals surface area contributed by atoms with Crippen LogP contribution in [0, 0.1) is 0 Å². The molecule has 1 unspecified atom stereocenters. The molecule has 1 fully saturated rings. The van der Waals surface area contributed by atoms with Crippen LogP contribution in [0.2, 0.25) is 0 Å². The van der Waals surface area contributed by atoms with E-state index in [1.54, 1.807) is 6.08 Å². The van der Waals surface area contributed by atoms with Gasteiger partial charge in [-0.15, -0.1) is 0 Å². The van der Waals surface area contributed by atoms with Crippen molar-refractivity contribution >= 4 is 11.5 Å². The lowest BCUT2D eigenvalue weighted by molar-refractivity contribution is -0.134. The Hall–Kier alpha value is -3.77. The summed E-state index contributed by atoms with van der Waals surface area (Å²) in [6, 6.07) is 22.0. The van der Waals surface area contributed by atoms with E-state index in [0.29, 0.717) is 37.8 Å². The van der Waals surface area contributed by atoms with Crippen LogP contribution in [0.4, 0.5) is 0 Å². The van der Waals surface area contributed by atoms with Crippen molar-refractivity contribution in [1.29, 1.82) is 0 Å². The molecule has 1 amide bonds. The van der Waals surface area contributed by atoms with Gasteiger partial charge in [-0.25, -0.2) is 0 Å². The van der Waals surface area contributed by atoms with Gasteiger partial charge in [-0.1, -0.05) is 48.5 Å². The van der Waals surface area contributed by atoms with E-state index in [9.17, 15) is 4.79 Å². The maximum absolute atomic E-state index is 13.2. The molecular weight excluding hydrogens is 418 g/mol. The van der Waals surface area contributed by atoms with Gasteiger partial charge in [-0.3, -0.25) is 4.79 Å². The van der Waals surface area contributed by atoms with Crippen LogP contribution in [0.1, 0.15) is 11.1 Å². The Morgan fingerprint density at radius 3 is 2.39 bits per heavy atom. The van der Waals surface area contributed by atoms with Gasteiger partial charge in [0.15, 0.2) is 11.5 Å². The van der Waals surface area contributed by atoms with Crippen molar-refractivity contribution < 1.29 is 23.7 Å². The molecule has 1 aliphatic carbocycles. The molecule has 6 nitrogen and oxygen atoms in total. The fourth-order valence-corrected chi connectivity index (χ4v) is 4.60. The number of carbonyl (C=O) groups is 1. The van der Waals surface area contributed by atoms with Gasteiger partial charge in [0.1, 0.15) is 18.5 Å². The van der Waals surface area contributed by atoms with Crippen LogP contribution in [0.25, 0.3) is 16.7 Å². The second-order valence-corrected chi connectivity index (χ2v) is 8.25. The van der Waals surface area contributed by atoms with Gasteiger partial charge in [0, 0.05) is 18.7 Å². The van der Waals surface area contributed by atoms with Crippen molar-refractivity contribution in [3.63, 3.8) is 0 Å². The quantitative estimate of drug-likeness (QED) is 0.446. The molecule has 1 atom stereocenters. The molecule has 2 heterocycles. The van der Waals surface area contributed by atoms with E-state index in [1.807, 2.05) is 47.4 Å². The van der Waals surface area contributed by atoms with E-state index in [-0.39, 0.29) is 18.8 Å². The summed E-state index contributed by atoms with van der Waals surface area (Å²) in [4.78, 5) is 15.1. The van der Waals surface area contributed by atoms with Crippen LogP contribution >= 0.6 is 0 Å². The Balaban J connectivity index is 1.16. The van der Waals surface area contributed by atoms with Crippen LogP contribution in [-0.4, -0.2) is 50.0 Å². The van der Waals surface area contributed by atoms with Crippen LogP contribution < -0.4 is 14.2 Å². The highest BCUT2D eigenvalue weighted by Crippen LogP contribution is 2.43. The molecule has 1 saturated heterocycles. The first-order valence-corrected chi connectivity index (χ1v) is 11.1. The van der Waals surface area contributed by atoms with Crippen LogP contribution in [0.3, 0.4) is 0 Å². The molecule has 0 N–H and O–H groups in total. The minimum Gasteiger partial charge on any atom is -0.491 e. The minimum atomic E-state index is -0.199. The maximum atomic E-state index is 13.2. The highest BCUT2D eigenvalue weighted by atomic mass is 16.7. The molecule has 6 rings (SSSR count). The Bertz CT molecular complexity index is 1200. The fourth-order valence-electron chi connectivity index (χ4n) is 4.60. The number of carbonyl (C=O) groups excluding carboxylic acids is 1. The summed E-state index contributed by atoms with van der Waals surface area (Å²) in [5.41, 5.74) is 5.52. The maximum Gasteiger partial charge on any atom is 0.247 e. The summed E-state index contributed by atoms with van der Waals surface area (Å²) >= 11 is 0. The SMILES string of the molecule is O=C(C=C1c2ccccc2-c2ccccc21)N1CCOC(COc2ccc3c(c2)OCO3)C1. The molecule has 6 heteroatoms. The predicted molar refractivity (Wildman–Crippen MR) is 123 cm³/mol. The van der Waals surface area contributed by atoms with Gasteiger partial charge in [0.05, 0.1) is 13.2 Å². The second kappa shape index (κ2) is 8.30. The summed E-state index contributed by atoms with van der Waals surface area (Å²) < 4.78 is 22.5. The van der Waals surface area contributed by atoms with Crippen molar-refractivity contribution in [2.75, 3.05) is 33.1 Å². The zero-order chi connectivity index (χ0) is 22.2. The van der Waals surface area contributed by atoms with Crippen molar-refractivity contribution in [3.05, 3.63) is 83.9 Å². The van der Waals surface area contributed by atoms with E-state index in [2.05, 4.69) is 24.3 Å². The summed E-state index contributed by atoms with van der Waals surface area (Å²) in [5, 5.41) is 0. The zero-order valence-electron chi connectivity index (χ0n) is 18.0. The highest BCUT2D eigenvalue weighted by Gasteiger charge is 2.27. The van der Waals surface area contributed by atoms with E-state index in [4.69, 9.17) is 18.9 Å². The third-order valence-electron chi connectivity index (χ3n) is 6.22. The van der Waals surface area contributed by atoms with Gasteiger partial charge in [-0.2, -0.15) is 0 Å². The van der Waals surface area contributed by atoms with Crippen molar-refractivity contribution in [2.45, 2.75) is 6.10 Å². The molecule has 0 spiro atoms. The van der Waals surface area contributed by atoms with Crippen LogP contribution in [-0.2, 0) is 9.53 Å². The molecule has 3 aromatic carbocycles. The number of hydrogen-bond donors (Lipinski definition) is 0. The Kier molecular flexibility index (Phi) is 5.00. The fraction of sp³-hybridized carbons (Fsp3) is 0.222. The predicted octanol–water partition coefficient (Wildman–Crippen LogP) is 4.13. The van der Waals surface area contributed by atoms with E-state index in [1.165, 1.54) is 11.1 Å². The molecule has 0 saturated carbocycles. The summed E-state index contributed by atoms with van der Waals surface area (Å²) in [6.45, 7) is 2.11. The zero-order valence-corrected chi connectivity index (χ0v) is 18.0. The number of benzene rings is 3. The summed E-state index contributed by atoms with van der Waals surface area (Å²) in [5.74, 6) is 2.08. The monoisotopic (exact) mass is 441 g/mol. The molecule has 2 aliphatic heterocycles. The highest BCUT2D eigenvalue weighted by molar-refractivity contribution is 6.08. The first-order valence-electron chi connectivity index (χ1n) is 11.1. The molecule has 3 aromatic rings. The van der Waals surface area contributed by atoms with Gasteiger partial charge in [0.2, 0.25) is 12.7 Å². The van der Waals surface area contributed by atoms with Gasteiger partial charge < -0.3 is 23.8 Å². The van der Waals surface area contributed by atoms with E-state index >= 15 is 0 Å². The summed E-state index contributed by atoms with van der Waals surface area (Å²) in [6.07, 6.45) is 1.57. The number of rotatable bonds is 4. The molecule has 166 valence electrons. The molecule has 0 radical (unpaired) electrons. The topological polar surface area (TPSA) is 57.2 Å². The third kappa shape index (κ3) is 3.72. The number of ether oxygens (including phenoxy) is 4. The molecular formula is C27H23NO5. The average molecular weight is 441 g/mol. The lowest BCUT2D eigenvalue weighted by Gasteiger charge is -2.32. The standard InChI is InChI=1S/C27H23NO5/c29-27(14-24-22-7-3-1-5-20(22)21-6-2-4-8-23(21)24)28-11-12-30-19(15-28)16-31-18-9-10-25-26(13-18)33-17-32-25/h1-10,13-14,19H,11-12,15-17H2. The van der Waals surface area contributed by atoms with Crippen LogP contribution in [0.15, 0.2) is 72.8 Å². The van der Waals surface area contributed by atoms with Gasteiger partial charge in [-0.05, 0) is 40.0 Å². The van der Waals surface area contributed by atoms with E-state index in [0.717, 1.165) is 22.4 Å². The number of morpholine rings is 1. The van der Waals surface area contributed by atoms with Gasteiger partial charge >= 0.3 is 0 Å². The second-order valence-electron chi connectivity index (χ2n) is 8.25. The average Bonchev–Trinajstić information content (AvgIpc) is 3.46. The molecule has 0 bridgehead atoms. The van der Waals surface area contributed by atoms with Crippen molar-refractivity contribution in [2.24, 2.45) is 0 Å². The first-order chi connectivity index (χ1) is 16.3. The number of amides is 1. The lowest BCUT2D eigenvalue weighted by Crippen LogP contribution is -2.47.